The highest BCUT2D eigenvalue weighted by atomic mass is 79.9. The van der Waals surface area contributed by atoms with E-state index in [1.165, 1.54) is 6.07 Å². The Morgan fingerprint density at radius 1 is 1.17 bits per heavy atom. The molecule has 0 heterocycles. The topological polar surface area (TPSA) is 61.8 Å². The first-order valence-corrected chi connectivity index (χ1v) is 5.91. The zero-order valence-electron chi connectivity index (χ0n) is 9.24. The summed E-state index contributed by atoms with van der Waals surface area (Å²) in [6.45, 7) is 0. The molecule has 0 saturated carbocycles. The van der Waals surface area contributed by atoms with Crippen molar-refractivity contribution in [3.05, 3.63) is 52.3 Å². The number of benzene rings is 2. The van der Waals surface area contributed by atoms with Crippen LogP contribution in [-0.2, 0) is 0 Å². The van der Waals surface area contributed by atoms with Crippen molar-refractivity contribution in [1.82, 2.24) is 0 Å². The zero-order chi connectivity index (χ0) is 13.1. The van der Waals surface area contributed by atoms with Gasteiger partial charge in [-0.2, -0.15) is 5.26 Å². The van der Waals surface area contributed by atoms with Gasteiger partial charge in [0.25, 0.3) is 0 Å². The van der Waals surface area contributed by atoms with Gasteiger partial charge in [0, 0.05) is 10.2 Å². The molecule has 3 N–H and O–H groups in total. The van der Waals surface area contributed by atoms with Crippen molar-refractivity contribution in [3.63, 3.8) is 0 Å². The van der Waals surface area contributed by atoms with E-state index in [9.17, 15) is 4.39 Å². The molecule has 2 rings (SSSR count). The standard InChI is InChI=1S/C13H9BrFN3/c14-9-1-3-13(11(15)6-9)18-12-4-2-10(17)5-8(12)7-16/h1-6,18H,17H2. The number of halogens is 2. The molecule has 0 radical (unpaired) electrons. The van der Waals surface area contributed by atoms with Crippen LogP contribution in [0.4, 0.5) is 21.5 Å². The van der Waals surface area contributed by atoms with E-state index in [-0.39, 0.29) is 0 Å². The maximum atomic E-state index is 13.7. The Balaban J connectivity index is 2.37. The molecule has 0 atom stereocenters. The van der Waals surface area contributed by atoms with Gasteiger partial charge in [-0.3, -0.25) is 0 Å². The Hall–Kier alpha value is -2.06. The van der Waals surface area contributed by atoms with Gasteiger partial charge in [-0.25, -0.2) is 4.39 Å². The van der Waals surface area contributed by atoms with Gasteiger partial charge in [0.1, 0.15) is 11.9 Å². The maximum Gasteiger partial charge on any atom is 0.147 e. The zero-order valence-corrected chi connectivity index (χ0v) is 10.8. The third-order valence-corrected chi connectivity index (χ3v) is 2.86. The van der Waals surface area contributed by atoms with Crippen LogP contribution in [0.25, 0.3) is 0 Å². The van der Waals surface area contributed by atoms with Crippen molar-refractivity contribution in [2.75, 3.05) is 11.1 Å². The maximum absolute atomic E-state index is 13.7. The molecular weight excluding hydrogens is 297 g/mol. The van der Waals surface area contributed by atoms with Crippen LogP contribution in [0, 0.1) is 17.1 Å². The van der Waals surface area contributed by atoms with Gasteiger partial charge in [-0.15, -0.1) is 0 Å². The second-order valence-corrected chi connectivity index (χ2v) is 4.58. The normalized spacial score (nSPS) is 9.83. The summed E-state index contributed by atoms with van der Waals surface area (Å²) in [6.07, 6.45) is 0. The molecule has 0 saturated heterocycles. The first kappa shape index (κ1) is 12.4. The Morgan fingerprint density at radius 2 is 1.89 bits per heavy atom. The highest BCUT2D eigenvalue weighted by molar-refractivity contribution is 9.10. The average Bonchev–Trinajstić information content (AvgIpc) is 2.34. The van der Waals surface area contributed by atoms with Crippen LogP contribution in [0.2, 0.25) is 0 Å². The van der Waals surface area contributed by atoms with Crippen LogP contribution >= 0.6 is 15.9 Å². The predicted octanol–water partition coefficient (Wildman–Crippen LogP) is 3.79. The van der Waals surface area contributed by atoms with E-state index in [0.717, 1.165) is 0 Å². The number of hydrogen-bond acceptors (Lipinski definition) is 3. The fraction of sp³-hybridized carbons (Fsp3) is 0. The van der Waals surface area contributed by atoms with Gasteiger partial charge >= 0.3 is 0 Å². The summed E-state index contributed by atoms with van der Waals surface area (Å²) in [7, 11) is 0. The van der Waals surface area contributed by atoms with Crippen molar-refractivity contribution in [1.29, 1.82) is 5.26 Å². The van der Waals surface area contributed by atoms with Crippen molar-refractivity contribution >= 4 is 33.0 Å². The fourth-order valence-electron chi connectivity index (χ4n) is 1.50. The summed E-state index contributed by atoms with van der Waals surface area (Å²) < 4.78 is 14.3. The smallest absolute Gasteiger partial charge is 0.147 e. The van der Waals surface area contributed by atoms with Gasteiger partial charge in [-0.05, 0) is 36.4 Å². The van der Waals surface area contributed by atoms with Crippen LogP contribution in [0.3, 0.4) is 0 Å². The molecule has 18 heavy (non-hydrogen) atoms. The largest absolute Gasteiger partial charge is 0.399 e. The number of hydrogen-bond donors (Lipinski definition) is 2. The highest BCUT2D eigenvalue weighted by Gasteiger charge is 2.06. The molecule has 0 aliphatic rings. The number of nitrogens with zero attached hydrogens (tertiary/aromatic N) is 1. The van der Waals surface area contributed by atoms with Crippen LogP contribution in [0.5, 0.6) is 0 Å². The molecule has 0 spiro atoms. The fourth-order valence-corrected chi connectivity index (χ4v) is 1.83. The second-order valence-electron chi connectivity index (χ2n) is 3.67. The van der Waals surface area contributed by atoms with Crippen molar-refractivity contribution < 1.29 is 4.39 Å². The van der Waals surface area contributed by atoms with E-state index in [0.29, 0.717) is 27.1 Å². The van der Waals surface area contributed by atoms with E-state index < -0.39 is 5.82 Å². The lowest BCUT2D eigenvalue weighted by Gasteiger charge is -2.09. The van der Waals surface area contributed by atoms with Crippen LogP contribution in [-0.4, -0.2) is 0 Å². The molecule has 0 aliphatic carbocycles. The second kappa shape index (κ2) is 5.07. The van der Waals surface area contributed by atoms with E-state index in [1.807, 2.05) is 6.07 Å². The summed E-state index contributed by atoms with van der Waals surface area (Å²) in [5.74, 6) is -0.398. The minimum Gasteiger partial charge on any atom is -0.399 e. The molecule has 2 aromatic rings. The third-order valence-electron chi connectivity index (χ3n) is 2.36. The third kappa shape index (κ3) is 2.60. The first-order chi connectivity index (χ1) is 8.60. The number of nitrogens with one attached hydrogen (secondary N) is 1. The van der Waals surface area contributed by atoms with Gasteiger partial charge < -0.3 is 11.1 Å². The molecule has 0 aromatic heterocycles. The Bertz CT molecular complexity index is 635. The van der Waals surface area contributed by atoms with Gasteiger partial charge in [-0.1, -0.05) is 15.9 Å². The Labute approximate surface area is 112 Å². The lowest BCUT2D eigenvalue weighted by Crippen LogP contribution is -1.97. The molecule has 0 aliphatic heterocycles. The van der Waals surface area contributed by atoms with Crippen molar-refractivity contribution in [2.24, 2.45) is 0 Å². The molecule has 0 unspecified atom stereocenters. The van der Waals surface area contributed by atoms with Gasteiger partial charge in [0.05, 0.1) is 16.9 Å². The molecule has 2 aromatic carbocycles. The molecule has 5 heteroatoms. The predicted molar refractivity (Wildman–Crippen MR) is 73.0 cm³/mol. The Kier molecular flexibility index (Phi) is 3.49. The van der Waals surface area contributed by atoms with Gasteiger partial charge in [0.15, 0.2) is 0 Å². The number of nitrogen functional groups attached to an aromatic ring is 1. The first-order valence-electron chi connectivity index (χ1n) is 5.12. The highest BCUT2D eigenvalue weighted by Crippen LogP contribution is 2.26. The minimum absolute atomic E-state index is 0.305. The summed E-state index contributed by atoms with van der Waals surface area (Å²) in [4.78, 5) is 0. The van der Waals surface area contributed by atoms with Crippen molar-refractivity contribution in [3.8, 4) is 6.07 Å². The molecule has 0 amide bonds. The number of anilines is 3. The molecular formula is C13H9BrFN3. The monoisotopic (exact) mass is 305 g/mol. The number of nitrogens with two attached hydrogens (primary N) is 1. The van der Waals surface area contributed by atoms with E-state index in [1.54, 1.807) is 30.3 Å². The quantitative estimate of drug-likeness (QED) is 0.830. The molecule has 0 bridgehead atoms. The summed E-state index contributed by atoms with van der Waals surface area (Å²) in [5, 5.41) is 11.9. The lowest BCUT2D eigenvalue weighted by molar-refractivity contribution is 0.631. The average molecular weight is 306 g/mol. The minimum atomic E-state index is -0.398. The van der Waals surface area contributed by atoms with E-state index >= 15 is 0 Å². The SMILES string of the molecule is N#Cc1cc(N)ccc1Nc1ccc(Br)cc1F. The summed E-state index contributed by atoms with van der Waals surface area (Å²) >= 11 is 3.18. The van der Waals surface area contributed by atoms with E-state index in [2.05, 4.69) is 21.2 Å². The van der Waals surface area contributed by atoms with Crippen LogP contribution < -0.4 is 11.1 Å². The number of nitriles is 1. The molecule has 3 nitrogen and oxygen atoms in total. The lowest BCUT2D eigenvalue weighted by atomic mass is 10.1. The molecule has 90 valence electrons. The van der Waals surface area contributed by atoms with E-state index in [4.69, 9.17) is 11.0 Å². The van der Waals surface area contributed by atoms with Crippen LogP contribution in [0.15, 0.2) is 40.9 Å². The molecule has 0 fully saturated rings. The number of rotatable bonds is 2. The summed E-state index contributed by atoms with van der Waals surface area (Å²) in [6, 6.07) is 11.5. The Morgan fingerprint density at radius 3 is 2.56 bits per heavy atom. The van der Waals surface area contributed by atoms with Crippen LogP contribution in [0.1, 0.15) is 5.56 Å². The van der Waals surface area contributed by atoms with Gasteiger partial charge in [0.2, 0.25) is 0 Å². The van der Waals surface area contributed by atoms with Crippen molar-refractivity contribution in [2.45, 2.75) is 0 Å². The summed E-state index contributed by atoms with van der Waals surface area (Å²) in [5.41, 5.74) is 7.28.